The van der Waals surface area contributed by atoms with Gasteiger partial charge in [-0.2, -0.15) is 5.10 Å². The number of nitrogens with two attached hydrogens (primary N) is 1. The molecule has 0 saturated heterocycles. The van der Waals surface area contributed by atoms with Crippen LogP contribution in [0, 0.1) is 0 Å². The SMILES string of the molecule is CC(C)n1nc(N)cc1-c1cccc(O)c1. The number of aromatic nitrogens is 2. The fourth-order valence-corrected chi connectivity index (χ4v) is 1.69. The molecule has 16 heavy (non-hydrogen) atoms. The highest BCUT2D eigenvalue weighted by atomic mass is 16.3. The molecule has 0 saturated carbocycles. The van der Waals surface area contributed by atoms with E-state index in [1.807, 2.05) is 30.7 Å². The van der Waals surface area contributed by atoms with E-state index in [9.17, 15) is 5.11 Å². The highest BCUT2D eigenvalue weighted by Gasteiger charge is 2.10. The molecule has 0 fully saturated rings. The van der Waals surface area contributed by atoms with E-state index < -0.39 is 0 Å². The van der Waals surface area contributed by atoms with Crippen molar-refractivity contribution in [3.63, 3.8) is 0 Å². The zero-order valence-corrected chi connectivity index (χ0v) is 9.38. The fourth-order valence-electron chi connectivity index (χ4n) is 1.69. The maximum atomic E-state index is 9.45. The monoisotopic (exact) mass is 217 g/mol. The van der Waals surface area contributed by atoms with Crippen molar-refractivity contribution in [3.05, 3.63) is 30.3 Å². The summed E-state index contributed by atoms with van der Waals surface area (Å²) in [5.74, 6) is 0.736. The lowest BCUT2D eigenvalue weighted by Crippen LogP contribution is -2.05. The van der Waals surface area contributed by atoms with Crippen LogP contribution < -0.4 is 5.73 Å². The molecular weight excluding hydrogens is 202 g/mol. The van der Waals surface area contributed by atoms with E-state index in [2.05, 4.69) is 5.10 Å². The minimum Gasteiger partial charge on any atom is -0.508 e. The zero-order valence-electron chi connectivity index (χ0n) is 9.38. The van der Waals surface area contributed by atoms with E-state index >= 15 is 0 Å². The Bertz CT molecular complexity index is 503. The molecule has 0 radical (unpaired) electrons. The third-order valence-corrected chi connectivity index (χ3v) is 2.39. The van der Waals surface area contributed by atoms with Gasteiger partial charge in [-0.25, -0.2) is 0 Å². The first-order valence-corrected chi connectivity index (χ1v) is 5.22. The number of anilines is 1. The molecule has 1 aromatic carbocycles. The number of phenolic OH excluding ortho intramolecular Hbond substituents is 1. The second-order valence-corrected chi connectivity index (χ2v) is 4.04. The first-order chi connectivity index (χ1) is 7.58. The maximum Gasteiger partial charge on any atom is 0.146 e. The Morgan fingerprint density at radius 3 is 2.69 bits per heavy atom. The predicted octanol–water partition coefficient (Wildman–Crippen LogP) is 2.42. The summed E-state index contributed by atoms with van der Waals surface area (Å²) >= 11 is 0. The summed E-state index contributed by atoms with van der Waals surface area (Å²) in [6.45, 7) is 4.08. The smallest absolute Gasteiger partial charge is 0.146 e. The van der Waals surface area contributed by atoms with Crippen LogP contribution in [0.15, 0.2) is 30.3 Å². The zero-order chi connectivity index (χ0) is 11.7. The number of nitrogen functional groups attached to an aromatic ring is 1. The van der Waals surface area contributed by atoms with Crippen LogP contribution in [0.5, 0.6) is 5.75 Å². The Kier molecular flexibility index (Phi) is 2.56. The molecule has 0 aliphatic rings. The molecule has 4 nitrogen and oxygen atoms in total. The van der Waals surface area contributed by atoms with Gasteiger partial charge in [0.2, 0.25) is 0 Å². The van der Waals surface area contributed by atoms with Crippen molar-refractivity contribution in [1.29, 1.82) is 0 Å². The van der Waals surface area contributed by atoms with Crippen molar-refractivity contribution in [1.82, 2.24) is 9.78 Å². The van der Waals surface area contributed by atoms with Crippen molar-refractivity contribution < 1.29 is 5.11 Å². The lowest BCUT2D eigenvalue weighted by Gasteiger charge is -2.10. The van der Waals surface area contributed by atoms with Gasteiger partial charge in [0.05, 0.1) is 5.69 Å². The topological polar surface area (TPSA) is 64.1 Å². The normalized spacial score (nSPS) is 10.9. The van der Waals surface area contributed by atoms with E-state index in [-0.39, 0.29) is 11.8 Å². The number of benzene rings is 1. The average molecular weight is 217 g/mol. The average Bonchev–Trinajstić information content (AvgIpc) is 2.60. The minimum absolute atomic E-state index is 0.231. The lowest BCUT2D eigenvalue weighted by molar-refractivity contribution is 0.475. The van der Waals surface area contributed by atoms with Gasteiger partial charge in [0, 0.05) is 17.7 Å². The Balaban J connectivity index is 2.55. The molecule has 4 heteroatoms. The molecule has 0 unspecified atom stereocenters. The molecule has 0 aliphatic carbocycles. The van der Waals surface area contributed by atoms with Crippen LogP contribution in [0.25, 0.3) is 11.3 Å². The van der Waals surface area contributed by atoms with Gasteiger partial charge in [0.15, 0.2) is 0 Å². The Labute approximate surface area is 94.3 Å². The van der Waals surface area contributed by atoms with Crippen LogP contribution in [0.3, 0.4) is 0 Å². The molecule has 1 heterocycles. The summed E-state index contributed by atoms with van der Waals surface area (Å²) in [4.78, 5) is 0. The van der Waals surface area contributed by atoms with E-state index in [4.69, 9.17) is 5.73 Å². The Morgan fingerprint density at radius 2 is 2.06 bits per heavy atom. The van der Waals surface area contributed by atoms with Gasteiger partial charge >= 0.3 is 0 Å². The van der Waals surface area contributed by atoms with Gasteiger partial charge < -0.3 is 10.8 Å². The molecule has 2 rings (SSSR count). The van der Waals surface area contributed by atoms with Crippen LogP contribution in [0.4, 0.5) is 5.82 Å². The van der Waals surface area contributed by atoms with E-state index in [1.165, 1.54) is 0 Å². The molecule has 0 spiro atoms. The second kappa shape index (κ2) is 3.89. The predicted molar refractivity (Wildman–Crippen MR) is 64.1 cm³/mol. The summed E-state index contributed by atoms with van der Waals surface area (Å²) in [7, 11) is 0. The minimum atomic E-state index is 0.231. The summed E-state index contributed by atoms with van der Waals surface area (Å²) < 4.78 is 1.85. The number of phenols is 1. The van der Waals surface area contributed by atoms with Gasteiger partial charge in [-0.1, -0.05) is 12.1 Å². The molecule has 0 aliphatic heterocycles. The lowest BCUT2D eigenvalue weighted by atomic mass is 10.1. The van der Waals surface area contributed by atoms with Crippen LogP contribution in [0.2, 0.25) is 0 Å². The first kappa shape index (κ1) is 10.5. The maximum absolute atomic E-state index is 9.45. The van der Waals surface area contributed by atoms with Crippen LogP contribution in [-0.4, -0.2) is 14.9 Å². The van der Waals surface area contributed by atoms with Crippen molar-refractivity contribution in [3.8, 4) is 17.0 Å². The number of nitrogens with zero attached hydrogens (tertiary/aromatic N) is 2. The van der Waals surface area contributed by atoms with Crippen LogP contribution in [-0.2, 0) is 0 Å². The summed E-state index contributed by atoms with van der Waals surface area (Å²) in [6.07, 6.45) is 0. The highest BCUT2D eigenvalue weighted by molar-refractivity contribution is 5.64. The van der Waals surface area contributed by atoms with Gasteiger partial charge in [0.25, 0.3) is 0 Å². The molecule has 1 aromatic heterocycles. The van der Waals surface area contributed by atoms with Crippen LogP contribution in [0.1, 0.15) is 19.9 Å². The first-order valence-electron chi connectivity index (χ1n) is 5.22. The van der Waals surface area contributed by atoms with Crippen molar-refractivity contribution >= 4 is 5.82 Å². The van der Waals surface area contributed by atoms with Crippen LogP contribution >= 0.6 is 0 Å². The molecule has 0 atom stereocenters. The summed E-state index contributed by atoms with van der Waals surface area (Å²) in [6, 6.07) is 9.12. The van der Waals surface area contributed by atoms with E-state index in [0.717, 1.165) is 11.3 Å². The highest BCUT2D eigenvalue weighted by Crippen LogP contribution is 2.26. The molecular formula is C12H15N3O. The number of hydrogen-bond donors (Lipinski definition) is 2. The number of aromatic hydroxyl groups is 1. The summed E-state index contributed by atoms with van der Waals surface area (Å²) in [5, 5.41) is 13.7. The van der Waals surface area contributed by atoms with Crippen molar-refractivity contribution in [2.24, 2.45) is 0 Å². The molecule has 3 N–H and O–H groups in total. The quantitative estimate of drug-likeness (QED) is 0.812. The largest absolute Gasteiger partial charge is 0.508 e. The summed E-state index contributed by atoms with van der Waals surface area (Å²) in [5.41, 5.74) is 7.53. The number of hydrogen-bond acceptors (Lipinski definition) is 3. The van der Waals surface area contributed by atoms with Crippen molar-refractivity contribution in [2.45, 2.75) is 19.9 Å². The van der Waals surface area contributed by atoms with E-state index in [1.54, 1.807) is 18.2 Å². The Morgan fingerprint density at radius 1 is 1.31 bits per heavy atom. The fraction of sp³-hybridized carbons (Fsp3) is 0.250. The third-order valence-electron chi connectivity index (χ3n) is 2.39. The van der Waals surface area contributed by atoms with Crippen molar-refractivity contribution in [2.75, 3.05) is 5.73 Å². The second-order valence-electron chi connectivity index (χ2n) is 4.04. The molecule has 84 valence electrons. The molecule has 0 bridgehead atoms. The van der Waals surface area contributed by atoms with Gasteiger partial charge in [0.1, 0.15) is 11.6 Å². The van der Waals surface area contributed by atoms with Gasteiger partial charge in [-0.05, 0) is 26.0 Å². The third kappa shape index (κ3) is 1.86. The Hall–Kier alpha value is -1.97. The van der Waals surface area contributed by atoms with Gasteiger partial charge in [-0.3, -0.25) is 4.68 Å². The van der Waals surface area contributed by atoms with Gasteiger partial charge in [-0.15, -0.1) is 0 Å². The standard InChI is InChI=1S/C12H15N3O/c1-8(2)15-11(7-12(13)14-15)9-4-3-5-10(16)6-9/h3-8,16H,1-2H3,(H2,13,14). The molecule has 2 aromatic rings. The number of rotatable bonds is 2. The van der Waals surface area contributed by atoms with E-state index in [0.29, 0.717) is 5.82 Å². The molecule has 0 amide bonds.